The highest BCUT2D eigenvalue weighted by Crippen LogP contribution is 2.38. The van der Waals surface area contributed by atoms with E-state index in [2.05, 4.69) is 15.2 Å². The molecule has 3 aromatic rings. The molecule has 1 fully saturated rings. The third-order valence-electron chi connectivity index (χ3n) is 5.64. The zero-order chi connectivity index (χ0) is 21.2. The van der Waals surface area contributed by atoms with Gasteiger partial charge in [0.05, 0.1) is 11.8 Å². The minimum atomic E-state index is 0.0687. The summed E-state index contributed by atoms with van der Waals surface area (Å²) in [6.45, 7) is 3.95. The molecule has 3 heterocycles. The molecule has 0 saturated carbocycles. The molecule has 1 unspecified atom stereocenters. The Morgan fingerprint density at radius 1 is 1.16 bits per heavy atom. The summed E-state index contributed by atoms with van der Waals surface area (Å²) in [6, 6.07) is 14.2. The van der Waals surface area contributed by atoms with Gasteiger partial charge in [-0.1, -0.05) is 47.7 Å². The summed E-state index contributed by atoms with van der Waals surface area (Å²) in [4.78, 5) is 19.5. The number of fused-ring (bicyclic) bond motifs is 1. The van der Waals surface area contributed by atoms with Crippen molar-refractivity contribution >= 4 is 17.7 Å². The molecule has 1 amide bonds. The van der Waals surface area contributed by atoms with Crippen LogP contribution in [-0.4, -0.2) is 51.5 Å². The highest BCUT2D eigenvalue weighted by molar-refractivity contribution is 7.99. The number of aryl methyl sites for hydroxylation is 1. The second-order valence-electron chi connectivity index (χ2n) is 7.77. The predicted octanol–water partition coefficient (Wildman–Crippen LogP) is 4.01. The van der Waals surface area contributed by atoms with E-state index in [1.54, 1.807) is 0 Å². The number of ether oxygens (including phenoxy) is 2. The van der Waals surface area contributed by atoms with Crippen molar-refractivity contribution in [3.8, 4) is 22.9 Å². The maximum Gasteiger partial charge on any atom is 0.233 e. The smallest absolute Gasteiger partial charge is 0.233 e. The summed E-state index contributed by atoms with van der Waals surface area (Å²) < 4.78 is 11.3. The Kier molecular flexibility index (Phi) is 5.55. The van der Waals surface area contributed by atoms with Crippen LogP contribution in [0, 0.1) is 6.92 Å². The molecule has 1 atom stereocenters. The molecule has 2 aliphatic rings. The van der Waals surface area contributed by atoms with Crippen molar-refractivity contribution in [1.29, 1.82) is 0 Å². The lowest BCUT2D eigenvalue weighted by molar-refractivity contribution is -0.129. The van der Waals surface area contributed by atoms with E-state index in [9.17, 15) is 4.79 Å². The molecule has 7 nitrogen and oxygen atoms in total. The van der Waals surface area contributed by atoms with E-state index in [-0.39, 0.29) is 11.9 Å². The second kappa shape index (κ2) is 8.63. The molecule has 0 spiro atoms. The van der Waals surface area contributed by atoms with Crippen LogP contribution in [0.3, 0.4) is 0 Å². The first-order valence-corrected chi connectivity index (χ1v) is 11.5. The van der Waals surface area contributed by atoms with E-state index in [0.717, 1.165) is 42.0 Å². The topological polar surface area (TPSA) is 80.3 Å². The number of rotatable bonds is 5. The van der Waals surface area contributed by atoms with E-state index >= 15 is 0 Å². The number of hydrogen-bond donors (Lipinski definition) is 1. The summed E-state index contributed by atoms with van der Waals surface area (Å²) in [5.41, 5.74) is 3.27. The summed E-state index contributed by atoms with van der Waals surface area (Å²) in [5, 5.41) is 7.81. The standard InChI is InChI=1S/C23H24N4O3S/c1-15-4-6-16(7-5-15)22-24-23(26-25-22)31-14-21(28)27-10-2-3-18(27)17-8-9-19-20(13-17)30-12-11-29-19/h4-9,13,18H,2-3,10-12,14H2,1H3,(H,24,25,26). The molecule has 0 radical (unpaired) electrons. The number of benzene rings is 2. The van der Waals surface area contributed by atoms with Crippen LogP contribution in [0.5, 0.6) is 11.5 Å². The molecule has 31 heavy (non-hydrogen) atoms. The van der Waals surface area contributed by atoms with Gasteiger partial charge in [0.15, 0.2) is 17.3 Å². The van der Waals surface area contributed by atoms with Crippen LogP contribution in [0.2, 0.25) is 0 Å². The molecular weight excluding hydrogens is 412 g/mol. The number of hydrogen-bond acceptors (Lipinski definition) is 6. The van der Waals surface area contributed by atoms with Crippen LogP contribution in [0.25, 0.3) is 11.4 Å². The zero-order valence-corrected chi connectivity index (χ0v) is 18.2. The van der Waals surface area contributed by atoms with Gasteiger partial charge in [0.1, 0.15) is 13.2 Å². The van der Waals surface area contributed by atoms with E-state index in [4.69, 9.17) is 9.47 Å². The Bertz CT molecular complexity index is 1080. The maximum atomic E-state index is 13.0. The van der Waals surface area contributed by atoms with Crippen molar-refractivity contribution in [2.75, 3.05) is 25.5 Å². The van der Waals surface area contributed by atoms with Gasteiger partial charge in [0.2, 0.25) is 11.1 Å². The van der Waals surface area contributed by atoms with Gasteiger partial charge in [-0.3, -0.25) is 9.89 Å². The van der Waals surface area contributed by atoms with Crippen LogP contribution in [0.1, 0.15) is 30.0 Å². The zero-order valence-electron chi connectivity index (χ0n) is 17.3. The molecule has 0 bridgehead atoms. The summed E-state index contributed by atoms with van der Waals surface area (Å²) in [6.07, 6.45) is 1.95. The lowest BCUT2D eigenvalue weighted by atomic mass is 10.0. The average Bonchev–Trinajstić information content (AvgIpc) is 3.48. The van der Waals surface area contributed by atoms with Crippen molar-refractivity contribution in [2.24, 2.45) is 0 Å². The van der Waals surface area contributed by atoms with Gasteiger partial charge in [-0.25, -0.2) is 4.98 Å². The molecule has 5 rings (SSSR count). The molecule has 1 saturated heterocycles. The third-order valence-corrected chi connectivity index (χ3v) is 6.47. The maximum absolute atomic E-state index is 13.0. The number of H-pyrrole nitrogens is 1. The second-order valence-corrected chi connectivity index (χ2v) is 8.71. The van der Waals surface area contributed by atoms with Crippen molar-refractivity contribution in [3.05, 3.63) is 53.6 Å². The number of carbonyl (C=O) groups is 1. The van der Waals surface area contributed by atoms with Crippen molar-refractivity contribution in [3.63, 3.8) is 0 Å². The molecule has 1 N–H and O–H groups in total. The number of aromatic amines is 1. The van der Waals surface area contributed by atoms with Gasteiger partial charge in [0, 0.05) is 12.1 Å². The van der Waals surface area contributed by atoms with Gasteiger partial charge in [-0.2, -0.15) is 0 Å². The van der Waals surface area contributed by atoms with Crippen LogP contribution < -0.4 is 9.47 Å². The van der Waals surface area contributed by atoms with Crippen LogP contribution in [-0.2, 0) is 4.79 Å². The molecule has 2 aromatic carbocycles. The normalized spacial score (nSPS) is 17.7. The van der Waals surface area contributed by atoms with Crippen LogP contribution >= 0.6 is 11.8 Å². The fraction of sp³-hybridized carbons (Fsp3) is 0.348. The fourth-order valence-electron chi connectivity index (χ4n) is 4.04. The van der Waals surface area contributed by atoms with Gasteiger partial charge in [-0.15, -0.1) is 5.10 Å². The quantitative estimate of drug-likeness (QED) is 0.609. The number of likely N-dealkylation sites (tertiary alicyclic amines) is 1. The van der Waals surface area contributed by atoms with Crippen LogP contribution in [0.15, 0.2) is 47.6 Å². The summed E-state index contributed by atoms with van der Waals surface area (Å²) >= 11 is 1.36. The lowest BCUT2D eigenvalue weighted by Crippen LogP contribution is -2.32. The first-order valence-electron chi connectivity index (χ1n) is 10.5. The Balaban J connectivity index is 1.23. The highest BCUT2D eigenvalue weighted by Gasteiger charge is 2.31. The first kappa shape index (κ1) is 19.9. The SMILES string of the molecule is Cc1ccc(-c2nc(SCC(=O)N3CCCC3c3ccc4c(c3)OCCO4)n[nH]2)cc1. The fourth-order valence-corrected chi connectivity index (χ4v) is 4.72. The summed E-state index contributed by atoms with van der Waals surface area (Å²) in [5.74, 6) is 2.67. The predicted molar refractivity (Wildman–Crippen MR) is 118 cm³/mol. The van der Waals surface area contributed by atoms with Gasteiger partial charge in [0.25, 0.3) is 0 Å². The summed E-state index contributed by atoms with van der Waals surface area (Å²) in [7, 11) is 0. The van der Waals surface area contributed by atoms with E-state index in [1.807, 2.05) is 54.3 Å². The monoisotopic (exact) mass is 436 g/mol. The van der Waals surface area contributed by atoms with E-state index < -0.39 is 0 Å². The van der Waals surface area contributed by atoms with E-state index in [0.29, 0.717) is 29.9 Å². The first-order chi connectivity index (χ1) is 15.2. The largest absolute Gasteiger partial charge is 0.486 e. The molecule has 0 aliphatic carbocycles. The third kappa shape index (κ3) is 4.25. The average molecular weight is 437 g/mol. The number of nitrogens with zero attached hydrogens (tertiary/aromatic N) is 3. The molecule has 2 aliphatic heterocycles. The number of carbonyl (C=O) groups excluding carboxylic acids is 1. The molecule has 1 aromatic heterocycles. The lowest BCUT2D eigenvalue weighted by Gasteiger charge is -2.26. The Labute approximate surface area is 185 Å². The Hall–Kier alpha value is -3.00. The number of nitrogens with one attached hydrogen (secondary N) is 1. The van der Waals surface area contributed by atoms with E-state index in [1.165, 1.54) is 17.3 Å². The Morgan fingerprint density at radius 3 is 2.81 bits per heavy atom. The van der Waals surface area contributed by atoms with Gasteiger partial charge in [-0.05, 0) is 37.5 Å². The van der Waals surface area contributed by atoms with Crippen LogP contribution in [0.4, 0.5) is 0 Å². The number of amides is 1. The molecule has 160 valence electrons. The van der Waals surface area contributed by atoms with Crippen molar-refractivity contribution in [2.45, 2.75) is 31.0 Å². The number of aromatic nitrogens is 3. The molecular formula is C23H24N4O3S. The molecule has 8 heteroatoms. The minimum absolute atomic E-state index is 0.0687. The highest BCUT2D eigenvalue weighted by atomic mass is 32.2. The Morgan fingerprint density at radius 2 is 1.97 bits per heavy atom. The van der Waals surface area contributed by atoms with Crippen molar-refractivity contribution in [1.82, 2.24) is 20.1 Å². The van der Waals surface area contributed by atoms with Gasteiger partial charge < -0.3 is 14.4 Å². The van der Waals surface area contributed by atoms with Crippen molar-refractivity contribution < 1.29 is 14.3 Å². The number of thioether (sulfide) groups is 1. The minimum Gasteiger partial charge on any atom is -0.486 e. The van der Waals surface area contributed by atoms with Gasteiger partial charge >= 0.3 is 0 Å².